The number of nitrogens with one attached hydrogen (secondary N) is 1. The van der Waals surface area contributed by atoms with Crippen LogP contribution in [0.5, 0.6) is 0 Å². The monoisotopic (exact) mass is 355 g/mol. The third-order valence-electron chi connectivity index (χ3n) is 5.47. The van der Waals surface area contributed by atoms with Gasteiger partial charge in [-0.1, -0.05) is 42.5 Å². The second kappa shape index (κ2) is 8.52. The summed E-state index contributed by atoms with van der Waals surface area (Å²) < 4.78 is 0. The number of hydrogen-bond donors (Lipinski definition) is 2. The first-order valence-electron chi connectivity index (χ1n) is 9.40. The Morgan fingerprint density at radius 2 is 1.92 bits per heavy atom. The summed E-state index contributed by atoms with van der Waals surface area (Å²) in [5.74, 6) is 0. The number of fused-ring (bicyclic) bond motifs is 1. The predicted molar refractivity (Wildman–Crippen MR) is 105 cm³/mol. The van der Waals surface area contributed by atoms with Crippen molar-refractivity contribution in [2.45, 2.75) is 31.3 Å². The van der Waals surface area contributed by atoms with E-state index < -0.39 is 0 Å². The minimum Gasteiger partial charge on any atom is -0.396 e. The molecule has 1 aliphatic rings. The maximum atomic E-state index is 12.8. The van der Waals surface area contributed by atoms with E-state index >= 15 is 0 Å². The number of piperidine rings is 1. The number of urea groups is 1. The minimum atomic E-state index is -0.202. The number of carbonyl (C=O) groups is 1. The summed E-state index contributed by atoms with van der Waals surface area (Å²) in [4.78, 5) is 17.0. The Bertz CT molecular complexity index is 736. The highest BCUT2D eigenvalue weighted by Gasteiger charge is 2.26. The molecule has 2 N–H and O–H groups in total. The standard InChI is InChI=1S/C21H29N3O2/c1-23-13-10-17(11-14-23)24(2)21(26)22-20(12-15-25)19-9-5-7-16-6-3-4-8-18(16)19/h3-9,17,20,25H,10-15H2,1-2H3,(H,22,26). The number of amides is 2. The van der Waals surface area contributed by atoms with Gasteiger partial charge >= 0.3 is 6.03 Å². The van der Waals surface area contributed by atoms with Gasteiger partial charge in [0.25, 0.3) is 0 Å². The number of carbonyl (C=O) groups excluding carboxylic acids is 1. The Kier molecular flexibility index (Phi) is 6.12. The number of likely N-dealkylation sites (tertiary alicyclic amines) is 1. The summed E-state index contributed by atoms with van der Waals surface area (Å²) in [7, 11) is 4.00. The molecule has 3 rings (SSSR count). The molecule has 1 fully saturated rings. The first-order valence-corrected chi connectivity index (χ1v) is 9.40. The lowest BCUT2D eigenvalue weighted by Gasteiger charge is -2.36. The van der Waals surface area contributed by atoms with E-state index in [2.05, 4.69) is 35.5 Å². The maximum absolute atomic E-state index is 12.8. The van der Waals surface area contributed by atoms with Crippen LogP contribution in [0.15, 0.2) is 42.5 Å². The Hall–Kier alpha value is -2.11. The largest absolute Gasteiger partial charge is 0.396 e. The van der Waals surface area contributed by atoms with Crippen molar-refractivity contribution in [2.75, 3.05) is 33.8 Å². The van der Waals surface area contributed by atoms with Gasteiger partial charge in [0.05, 0.1) is 6.04 Å². The molecule has 2 aromatic rings. The molecule has 0 aliphatic carbocycles. The van der Waals surface area contributed by atoms with Crippen molar-refractivity contribution in [2.24, 2.45) is 0 Å². The van der Waals surface area contributed by atoms with Crippen molar-refractivity contribution in [1.29, 1.82) is 0 Å². The SMILES string of the molecule is CN1CCC(N(C)C(=O)NC(CCO)c2cccc3ccccc23)CC1. The van der Waals surface area contributed by atoms with E-state index in [1.165, 1.54) is 0 Å². The highest BCUT2D eigenvalue weighted by molar-refractivity contribution is 5.86. The van der Waals surface area contributed by atoms with E-state index in [0.29, 0.717) is 6.42 Å². The lowest BCUT2D eigenvalue weighted by atomic mass is 9.97. The molecule has 1 unspecified atom stereocenters. The molecule has 0 saturated carbocycles. The van der Waals surface area contributed by atoms with Crippen LogP contribution in [-0.2, 0) is 0 Å². The van der Waals surface area contributed by atoms with Gasteiger partial charge < -0.3 is 20.2 Å². The molecule has 0 bridgehead atoms. The first kappa shape index (κ1) is 18.7. The number of nitrogens with zero attached hydrogens (tertiary/aromatic N) is 2. The zero-order valence-electron chi connectivity index (χ0n) is 15.7. The lowest BCUT2D eigenvalue weighted by Crippen LogP contribution is -2.48. The van der Waals surface area contributed by atoms with Gasteiger partial charge in [-0.2, -0.15) is 0 Å². The average Bonchev–Trinajstić information content (AvgIpc) is 2.67. The van der Waals surface area contributed by atoms with Crippen LogP contribution in [0, 0.1) is 0 Å². The number of hydrogen-bond acceptors (Lipinski definition) is 3. The molecule has 1 atom stereocenters. The molecule has 2 aromatic carbocycles. The highest BCUT2D eigenvalue weighted by Crippen LogP contribution is 2.26. The van der Waals surface area contributed by atoms with Crippen LogP contribution in [0.1, 0.15) is 30.9 Å². The van der Waals surface area contributed by atoms with Crippen molar-refractivity contribution in [3.8, 4) is 0 Å². The van der Waals surface area contributed by atoms with Crippen LogP contribution in [0.3, 0.4) is 0 Å². The van der Waals surface area contributed by atoms with Crippen LogP contribution < -0.4 is 5.32 Å². The molecule has 1 aliphatic heterocycles. The summed E-state index contributed by atoms with van der Waals surface area (Å²) >= 11 is 0. The van der Waals surface area contributed by atoms with Crippen molar-refractivity contribution < 1.29 is 9.90 Å². The fourth-order valence-corrected chi connectivity index (χ4v) is 3.79. The average molecular weight is 355 g/mol. The van der Waals surface area contributed by atoms with Gasteiger partial charge in [-0.15, -0.1) is 0 Å². The van der Waals surface area contributed by atoms with Gasteiger partial charge in [0.1, 0.15) is 0 Å². The van der Waals surface area contributed by atoms with Gasteiger partial charge in [-0.25, -0.2) is 4.79 Å². The number of benzene rings is 2. The van der Waals surface area contributed by atoms with Crippen LogP contribution >= 0.6 is 0 Å². The quantitative estimate of drug-likeness (QED) is 0.867. The molecule has 0 radical (unpaired) electrons. The van der Waals surface area contributed by atoms with E-state index in [1.807, 2.05) is 36.2 Å². The van der Waals surface area contributed by atoms with Crippen molar-refractivity contribution in [3.63, 3.8) is 0 Å². The summed E-state index contributed by atoms with van der Waals surface area (Å²) in [6, 6.07) is 14.3. The molecule has 1 saturated heterocycles. The van der Waals surface area contributed by atoms with Crippen molar-refractivity contribution in [3.05, 3.63) is 48.0 Å². The fraction of sp³-hybridized carbons (Fsp3) is 0.476. The second-order valence-electron chi connectivity index (χ2n) is 7.23. The van der Waals surface area contributed by atoms with Crippen LogP contribution in [0.2, 0.25) is 0 Å². The molecule has 26 heavy (non-hydrogen) atoms. The van der Waals surface area contributed by atoms with E-state index in [1.54, 1.807) is 0 Å². The zero-order chi connectivity index (χ0) is 18.5. The normalized spacial score (nSPS) is 17.2. The topological polar surface area (TPSA) is 55.8 Å². The smallest absolute Gasteiger partial charge is 0.317 e. The number of aliphatic hydroxyl groups is 1. The Labute approximate surface area is 155 Å². The van der Waals surface area contributed by atoms with Gasteiger partial charge in [0.2, 0.25) is 0 Å². The van der Waals surface area contributed by atoms with Gasteiger partial charge in [0.15, 0.2) is 0 Å². The maximum Gasteiger partial charge on any atom is 0.317 e. The molecular weight excluding hydrogens is 326 g/mol. The molecule has 5 nitrogen and oxygen atoms in total. The number of rotatable bonds is 5. The predicted octanol–water partition coefficient (Wildman–Crippen LogP) is 3.00. The highest BCUT2D eigenvalue weighted by atomic mass is 16.3. The third-order valence-corrected chi connectivity index (χ3v) is 5.47. The van der Waals surface area contributed by atoms with Gasteiger partial charge in [-0.05, 0) is 55.7 Å². The molecule has 5 heteroatoms. The summed E-state index contributed by atoms with van der Waals surface area (Å²) in [5.41, 5.74) is 1.06. The Morgan fingerprint density at radius 3 is 2.65 bits per heavy atom. The van der Waals surface area contributed by atoms with E-state index in [0.717, 1.165) is 42.3 Å². The van der Waals surface area contributed by atoms with E-state index in [-0.39, 0.29) is 24.7 Å². The fourth-order valence-electron chi connectivity index (χ4n) is 3.79. The zero-order valence-corrected chi connectivity index (χ0v) is 15.7. The van der Waals surface area contributed by atoms with Gasteiger partial charge in [-0.3, -0.25) is 0 Å². The Morgan fingerprint density at radius 1 is 1.23 bits per heavy atom. The summed E-state index contributed by atoms with van der Waals surface area (Å²) in [6.07, 6.45) is 2.50. The van der Waals surface area contributed by atoms with Crippen molar-refractivity contribution >= 4 is 16.8 Å². The van der Waals surface area contributed by atoms with Crippen molar-refractivity contribution in [1.82, 2.24) is 15.1 Å². The minimum absolute atomic E-state index is 0.0338. The summed E-state index contributed by atoms with van der Waals surface area (Å²) in [6.45, 7) is 2.07. The number of aliphatic hydroxyl groups excluding tert-OH is 1. The first-order chi connectivity index (χ1) is 12.6. The van der Waals surface area contributed by atoms with Crippen LogP contribution in [0.4, 0.5) is 4.79 Å². The second-order valence-corrected chi connectivity index (χ2v) is 7.23. The molecule has 140 valence electrons. The summed E-state index contributed by atoms with van der Waals surface area (Å²) in [5, 5.41) is 14.9. The molecule has 0 spiro atoms. The Balaban J connectivity index is 1.76. The van der Waals surface area contributed by atoms with Gasteiger partial charge in [0, 0.05) is 19.7 Å². The van der Waals surface area contributed by atoms with Crippen LogP contribution in [0.25, 0.3) is 10.8 Å². The lowest BCUT2D eigenvalue weighted by molar-refractivity contribution is 0.144. The molecule has 1 heterocycles. The van der Waals surface area contributed by atoms with E-state index in [4.69, 9.17) is 0 Å². The molecule has 0 aromatic heterocycles. The molecule has 2 amide bonds. The van der Waals surface area contributed by atoms with E-state index in [9.17, 15) is 9.90 Å². The third kappa shape index (κ3) is 4.17. The molecular formula is C21H29N3O2. The van der Waals surface area contributed by atoms with Crippen LogP contribution in [-0.4, -0.2) is 60.8 Å².